The first-order valence-corrected chi connectivity index (χ1v) is 15.9. The summed E-state index contributed by atoms with van der Waals surface area (Å²) in [5, 5.41) is 4.30. The van der Waals surface area contributed by atoms with Crippen molar-refractivity contribution in [2.24, 2.45) is 0 Å². The first-order chi connectivity index (χ1) is 21.7. The monoisotopic (exact) mass is 699 g/mol. The molecule has 0 saturated carbocycles. The summed E-state index contributed by atoms with van der Waals surface area (Å²) in [5.74, 6) is 0. The van der Waals surface area contributed by atoms with E-state index < -0.39 is 0 Å². The van der Waals surface area contributed by atoms with E-state index >= 15 is 0 Å². The van der Waals surface area contributed by atoms with Crippen LogP contribution < -0.4 is 0 Å². The first-order valence-electron chi connectivity index (χ1n) is 14.4. The summed E-state index contributed by atoms with van der Waals surface area (Å²) in [6.07, 6.45) is 6.90. The molecule has 1 aliphatic carbocycles. The topological polar surface area (TPSA) is 30.2 Å². The van der Waals surface area contributed by atoms with E-state index in [0.29, 0.717) is 5.15 Å². The van der Waals surface area contributed by atoms with Crippen LogP contribution in [-0.4, -0.2) is 14.4 Å². The number of para-hydroxylation sites is 1. The van der Waals surface area contributed by atoms with Crippen molar-refractivity contribution in [3.63, 3.8) is 0 Å². The Morgan fingerprint density at radius 1 is 0.614 bits per heavy atom. The Balaban J connectivity index is 0.000000118. The Labute approximate surface area is 274 Å². The first kappa shape index (κ1) is 28.3. The third-order valence-corrected chi connectivity index (χ3v) is 9.31. The second kappa shape index (κ2) is 12.6. The summed E-state index contributed by atoms with van der Waals surface area (Å²) in [4.78, 5) is 8.46. The summed E-state index contributed by atoms with van der Waals surface area (Å²) in [6.45, 7) is 0. The Hall–Kier alpha value is -4.52. The maximum atomic E-state index is 5.59. The fourth-order valence-corrected chi connectivity index (χ4v) is 6.26. The third kappa shape index (κ3) is 5.59. The molecule has 0 atom stereocenters. The number of halogens is 2. The molecule has 1 aliphatic rings. The van der Waals surface area contributed by atoms with Crippen LogP contribution >= 0.6 is 34.2 Å². The minimum atomic E-state index is 0.577. The molecule has 4 heterocycles. The SMILES string of the molecule is C1=C(c2ccccc2)Cc2ccccc21.Clc1ncccc1I.c1ccc2c(c1)cc1c3ccccc3c3ncccc3n21. The average Bonchev–Trinajstić information content (AvgIpc) is 3.70. The van der Waals surface area contributed by atoms with Gasteiger partial charge in [-0.1, -0.05) is 115 Å². The molecular weight excluding hydrogens is 673 g/mol. The summed E-state index contributed by atoms with van der Waals surface area (Å²) < 4.78 is 3.31. The summed E-state index contributed by atoms with van der Waals surface area (Å²) >= 11 is 7.72. The van der Waals surface area contributed by atoms with E-state index in [0.717, 1.165) is 21.0 Å². The summed E-state index contributed by atoms with van der Waals surface area (Å²) in [7, 11) is 0. The lowest BCUT2D eigenvalue weighted by Crippen LogP contribution is -1.91. The van der Waals surface area contributed by atoms with Crippen LogP contribution in [0, 0.1) is 3.57 Å². The minimum Gasteiger partial charge on any atom is -0.307 e. The van der Waals surface area contributed by atoms with Gasteiger partial charge < -0.3 is 4.40 Å². The van der Waals surface area contributed by atoms with Gasteiger partial charge in [0.1, 0.15) is 5.15 Å². The van der Waals surface area contributed by atoms with Crippen molar-refractivity contribution < 1.29 is 0 Å². The second-order valence-corrected chi connectivity index (χ2v) is 12.0. The largest absolute Gasteiger partial charge is 0.307 e. The standard InChI is InChI=1S/C19H12N2.C15H12.C5H3ClIN/c1-4-9-16-13(6-1)12-18-14-7-2-3-8-15(14)19-17(21(16)18)10-5-11-20-19;1-2-6-12(7-3-1)15-10-13-8-4-5-9-14(13)11-15;6-5-4(7)2-1-3-8-5/h1-12H;1-10H,11H2;1-3H. The van der Waals surface area contributed by atoms with E-state index in [1.165, 1.54) is 49.5 Å². The molecule has 0 radical (unpaired) electrons. The third-order valence-electron chi connectivity index (χ3n) is 7.82. The van der Waals surface area contributed by atoms with Gasteiger partial charge in [-0.25, -0.2) is 4.98 Å². The fourth-order valence-electron chi connectivity index (χ4n) is 5.79. The Morgan fingerprint density at radius 3 is 2.09 bits per heavy atom. The van der Waals surface area contributed by atoms with Crippen LogP contribution in [0.4, 0.5) is 0 Å². The van der Waals surface area contributed by atoms with Crippen LogP contribution in [0.2, 0.25) is 5.15 Å². The van der Waals surface area contributed by atoms with Crippen molar-refractivity contribution in [2.75, 3.05) is 0 Å². The Kier molecular flexibility index (Phi) is 8.10. The van der Waals surface area contributed by atoms with E-state index in [9.17, 15) is 0 Å². The number of aromatic nitrogens is 3. The Morgan fingerprint density at radius 2 is 1.30 bits per heavy atom. The lowest BCUT2D eigenvalue weighted by atomic mass is 10.0. The number of benzene rings is 4. The van der Waals surface area contributed by atoms with Crippen molar-refractivity contribution in [1.82, 2.24) is 14.4 Å². The highest BCUT2D eigenvalue weighted by molar-refractivity contribution is 14.1. The van der Waals surface area contributed by atoms with Gasteiger partial charge in [0.15, 0.2) is 0 Å². The molecule has 5 heteroatoms. The van der Waals surface area contributed by atoms with Crippen LogP contribution in [0.3, 0.4) is 0 Å². The highest BCUT2D eigenvalue weighted by atomic mass is 127. The quantitative estimate of drug-likeness (QED) is 0.0970. The van der Waals surface area contributed by atoms with Crippen molar-refractivity contribution in [3.05, 3.63) is 171 Å². The zero-order valence-electron chi connectivity index (χ0n) is 23.7. The number of allylic oxidation sites excluding steroid dienone is 1. The van der Waals surface area contributed by atoms with E-state index in [2.05, 4.69) is 158 Å². The van der Waals surface area contributed by atoms with Gasteiger partial charge in [0.05, 0.1) is 25.6 Å². The molecule has 0 bridgehead atoms. The van der Waals surface area contributed by atoms with Gasteiger partial charge in [-0.2, -0.15) is 0 Å². The molecule has 4 aromatic carbocycles. The van der Waals surface area contributed by atoms with Crippen molar-refractivity contribution in [2.45, 2.75) is 6.42 Å². The number of hydrogen-bond acceptors (Lipinski definition) is 2. The summed E-state index contributed by atoms with van der Waals surface area (Å²) in [6, 6.07) is 46.4. The van der Waals surface area contributed by atoms with Gasteiger partial charge in [0, 0.05) is 28.6 Å². The number of rotatable bonds is 1. The van der Waals surface area contributed by atoms with E-state index in [4.69, 9.17) is 11.6 Å². The lowest BCUT2D eigenvalue weighted by Gasteiger charge is -2.08. The van der Waals surface area contributed by atoms with Crippen LogP contribution in [0.25, 0.3) is 49.9 Å². The molecule has 3 nitrogen and oxygen atoms in total. The van der Waals surface area contributed by atoms with Gasteiger partial charge in [-0.15, -0.1) is 0 Å². The molecule has 0 saturated heterocycles. The van der Waals surface area contributed by atoms with Crippen LogP contribution in [-0.2, 0) is 6.42 Å². The van der Waals surface area contributed by atoms with Gasteiger partial charge in [0.25, 0.3) is 0 Å². The lowest BCUT2D eigenvalue weighted by molar-refractivity contribution is 1.31. The number of pyridine rings is 3. The van der Waals surface area contributed by atoms with Crippen molar-refractivity contribution >= 4 is 84.1 Å². The molecule has 9 rings (SSSR count). The zero-order chi connectivity index (χ0) is 29.9. The molecule has 0 N–H and O–H groups in total. The van der Waals surface area contributed by atoms with Crippen molar-refractivity contribution in [1.29, 1.82) is 0 Å². The normalized spacial score (nSPS) is 11.9. The van der Waals surface area contributed by atoms with Crippen LogP contribution in [0.5, 0.6) is 0 Å². The summed E-state index contributed by atoms with van der Waals surface area (Å²) in [5.41, 5.74) is 10.3. The molecule has 0 unspecified atom stereocenters. The molecule has 0 fully saturated rings. The van der Waals surface area contributed by atoms with Gasteiger partial charge in [-0.05, 0) is 87.7 Å². The highest BCUT2D eigenvalue weighted by Crippen LogP contribution is 2.33. The van der Waals surface area contributed by atoms with E-state index in [1.54, 1.807) is 6.20 Å². The molecule has 44 heavy (non-hydrogen) atoms. The number of nitrogens with zero attached hydrogens (tertiary/aromatic N) is 3. The number of hydrogen-bond donors (Lipinski definition) is 0. The van der Waals surface area contributed by atoms with Gasteiger partial charge in [-0.3, -0.25) is 4.98 Å². The number of fused-ring (bicyclic) bond motifs is 9. The predicted molar refractivity (Wildman–Crippen MR) is 194 cm³/mol. The Bertz CT molecular complexity index is 2270. The minimum absolute atomic E-state index is 0.577. The molecule has 0 spiro atoms. The average molecular weight is 700 g/mol. The predicted octanol–water partition coefficient (Wildman–Crippen LogP) is 10.9. The van der Waals surface area contributed by atoms with Crippen molar-refractivity contribution in [3.8, 4) is 0 Å². The van der Waals surface area contributed by atoms with E-state index in [-0.39, 0.29) is 0 Å². The second-order valence-electron chi connectivity index (χ2n) is 10.5. The van der Waals surface area contributed by atoms with Crippen LogP contribution in [0.15, 0.2) is 146 Å². The maximum absolute atomic E-state index is 5.59. The fraction of sp³-hybridized carbons (Fsp3) is 0.0256. The van der Waals surface area contributed by atoms with Gasteiger partial charge >= 0.3 is 0 Å². The molecule has 4 aromatic heterocycles. The smallest absolute Gasteiger partial charge is 0.142 e. The van der Waals surface area contributed by atoms with Gasteiger partial charge in [0.2, 0.25) is 0 Å². The molecule has 8 aromatic rings. The molecule has 212 valence electrons. The zero-order valence-corrected chi connectivity index (χ0v) is 26.7. The maximum Gasteiger partial charge on any atom is 0.142 e. The highest BCUT2D eigenvalue weighted by Gasteiger charge is 2.13. The molecular formula is C39H27ClIN3. The molecule has 0 amide bonds. The van der Waals surface area contributed by atoms with Crippen LogP contribution in [0.1, 0.15) is 16.7 Å². The van der Waals surface area contributed by atoms with E-state index in [1.807, 2.05) is 24.4 Å². The molecule has 0 aliphatic heterocycles.